The topological polar surface area (TPSA) is 66.8 Å². The van der Waals surface area contributed by atoms with Crippen LogP contribution in [0.4, 0.5) is 4.79 Å². The number of benzene rings is 2. The molecule has 0 bridgehead atoms. The summed E-state index contributed by atoms with van der Waals surface area (Å²) in [5, 5.41) is 9.44. The molecule has 1 fully saturated rings. The van der Waals surface area contributed by atoms with Gasteiger partial charge in [-0.15, -0.1) is 0 Å². The fraction of sp³-hybridized carbons (Fsp3) is 0.333. The summed E-state index contributed by atoms with van der Waals surface area (Å²) in [6.45, 7) is 0.672. The Kier molecular flexibility index (Phi) is 4.60. The van der Waals surface area contributed by atoms with Crippen LogP contribution in [0.25, 0.3) is 11.1 Å². The van der Waals surface area contributed by atoms with Crippen LogP contribution in [0, 0.1) is 5.41 Å². The molecule has 2 aromatic rings. The molecule has 1 heterocycles. The fourth-order valence-electron chi connectivity index (χ4n) is 4.06. The van der Waals surface area contributed by atoms with Gasteiger partial charge in [-0.2, -0.15) is 11.8 Å². The Morgan fingerprint density at radius 1 is 1.11 bits per heavy atom. The molecule has 2 aliphatic rings. The number of rotatable bonds is 5. The molecule has 0 saturated carbocycles. The molecule has 0 radical (unpaired) electrons. The number of nitrogens with zero attached hydrogens (tertiary/aromatic N) is 1. The van der Waals surface area contributed by atoms with E-state index in [1.165, 1.54) is 27.8 Å². The molecule has 1 aliphatic carbocycles. The zero-order valence-corrected chi connectivity index (χ0v) is 15.9. The lowest BCUT2D eigenvalue weighted by atomic mass is 9.82. The average molecular weight is 383 g/mol. The second-order valence-corrected chi connectivity index (χ2v) is 8.04. The first-order chi connectivity index (χ1) is 13.1. The molecule has 1 saturated heterocycles. The highest BCUT2D eigenvalue weighted by Crippen LogP contribution is 2.44. The lowest BCUT2D eigenvalue weighted by Gasteiger charge is -2.46. The standard InChI is InChI=1S/C21H21NO4S/c1-27-13-21(19(23)24)11-22(12-21)20(25)26-10-18-16-8-4-2-6-14(16)15-7-3-5-9-17(15)18/h2-9,18H,10-13H2,1H3,(H,23,24). The molecule has 4 rings (SSSR count). The second kappa shape index (κ2) is 6.93. The molecule has 6 heteroatoms. The smallest absolute Gasteiger partial charge is 0.409 e. The minimum Gasteiger partial charge on any atom is -0.481 e. The normalized spacial score (nSPS) is 17.0. The van der Waals surface area contributed by atoms with E-state index in [2.05, 4.69) is 24.3 Å². The number of thioether (sulfide) groups is 1. The summed E-state index contributed by atoms with van der Waals surface area (Å²) in [5.74, 6) is -0.340. The van der Waals surface area contributed by atoms with Crippen LogP contribution >= 0.6 is 11.8 Å². The van der Waals surface area contributed by atoms with E-state index in [1.54, 1.807) is 0 Å². The van der Waals surface area contributed by atoms with Crippen molar-refractivity contribution in [3.63, 3.8) is 0 Å². The van der Waals surface area contributed by atoms with Crippen LogP contribution in [-0.4, -0.2) is 53.8 Å². The third kappa shape index (κ3) is 2.98. The van der Waals surface area contributed by atoms with Crippen molar-refractivity contribution >= 4 is 23.8 Å². The van der Waals surface area contributed by atoms with Gasteiger partial charge in [-0.25, -0.2) is 4.79 Å². The van der Waals surface area contributed by atoms with Crippen molar-refractivity contribution in [2.24, 2.45) is 5.41 Å². The number of likely N-dealkylation sites (tertiary alicyclic amines) is 1. The molecule has 1 N–H and O–H groups in total. The van der Waals surface area contributed by atoms with Gasteiger partial charge in [0.2, 0.25) is 0 Å². The predicted molar refractivity (Wildman–Crippen MR) is 105 cm³/mol. The molecule has 2 aromatic carbocycles. The fourth-order valence-corrected chi connectivity index (χ4v) is 4.92. The van der Waals surface area contributed by atoms with Gasteiger partial charge in [0.05, 0.1) is 0 Å². The third-order valence-electron chi connectivity index (χ3n) is 5.46. The summed E-state index contributed by atoms with van der Waals surface area (Å²) >= 11 is 1.49. The van der Waals surface area contributed by atoms with E-state index >= 15 is 0 Å². The van der Waals surface area contributed by atoms with Crippen LogP contribution in [0.15, 0.2) is 48.5 Å². The highest BCUT2D eigenvalue weighted by Gasteiger charge is 2.51. The molecule has 0 aromatic heterocycles. The molecule has 27 heavy (non-hydrogen) atoms. The number of carbonyl (C=O) groups is 2. The predicted octanol–water partition coefficient (Wildman–Crippen LogP) is 3.69. The van der Waals surface area contributed by atoms with Gasteiger partial charge in [-0.1, -0.05) is 48.5 Å². The summed E-state index contributed by atoms with van der Waals surface area (Å²) in [5.41, 5.74) is 3.85. The number of carbonyl (C=O) groups excluding carboxylic acids is 1. The zero-order valence-electron chi connectivity index (χ0n) is 15.1. The summed E-state index contributed by atoms with van der Waals surface area (Å²) in [6.07, 6.45) is 1.44. The third-order valence-corrected chi connectivity index (χ3v) is 6.30. The lowest BCUT2D eigenvalue weighted by molar-refractivity contribution is -0.156. The van der Waals surface area contributed by atoms with Crippen LogP contribution in [0.3, 0.4) is 0 Å². The summed E-state index contributed by atoms with van der Waals surface area (Å²) in [4.78, 5) is 25.4. The number of carboxylic acid groups (broad SMARTS) is 1. The van der Waals surface area contributed by atoms with Gasteiger partial charge in [-0.05, 0) is 28.5 Å². The first kappa shape index (κ1) is 17.9. The number of hydrogen-bond donors (Lipinski definition) is 1. The zero-order chi connectivity index (χ0) is 19.0. The van der Waals surface area contributed by atoms with Gasteiger partial charge >= 0.3 is 12.1 Å². The van der Waals surface area contributed by atoms with Crippen molar-refractivity contribution in [3.05, 3.63) is 59.7 Å². The summed E-state index contributed by atoms with van der Waals surface area (Å²) < 4.78 is 5.58. The molecule has 0 spiro atoms. The Morgan fingerprint density at radius 2 is 1.67 bits per heavy atom. The van der Waals surface area contributed by atoms with Gasteiger partial charge in [-0.3, -0.25) is 4.79 Å². The van der Waals surface area contributed by atoms with Crippen molar-refractivity contribution in [2.45, 2.75) is 5.92 Å². The molecule has 0 atom stereocenters. The van der Waals surface area contributed by atoms with E-state index in [9.17, 15) is 14.7 Å². The highest BCUT2D eigenvalue weighted by atomic mass is 32.2. The minimum absolute atomic E-state index is 0.0121. The maximum atomic E-state index is 12.4. The number of ether oxygens (including phenoxy) is 1. The molecule has 1 amide bonds. The quantitative estimate of drug-likeness (QED) is 0.853. The van der Waals surface area contributed by atoms with E-state index in [1.807, 2.05) is 30.5 Å². The van der Waals surface area contributed by atoms with Crippen molar-refractivity contribution in [1.29, 1.82) is 0 Å². The average Bonchev–Trinajstić information content (AvgIpc) is 2.96. The maximum absolute atomic E-state index is 12.4. The van der Waals surface area contributed by atoms with E-state index < -0.39 is 17.5 Å². The monoisotopic (exact) mass is 383 g/mol. The Labute approximate surface area is 162 Å². The number of amides is 1. The van der Waals surface area contributed by atoms with Gasteiger partial charge in [0.15, 0.2) is 0 Å². The largest absolute Gasteiger partial charge is 0.481 e. The number of carboxylic acids is 1. The van der Waals surface area contributed by atoms with Crippen molar-refractivity contribution in [1.82, 2.24) is 4.90 Å². The Bertz CT molecular complexity index is 846. The Morgan fingerprint density at radius 3 is 2.19 bits per heavy atom. The van der Waals surface area contributed by atoms with Gasteiger partial charge in [0.1, 0.15) is 12.0 Å². The summed E-state index contributed by atoms with van der Waals surface area (Å²) in [7, 11) is 0. The Balaban J connectivity index is 1.44. The van der Waals surface area contributed by atoms with Crippen LogP contribution in [0.1, 0.15) is 17.0 Å². The van der Waals surface area contributed by atoms with Crippen LogP contribution in [0.5, 0.6) is 0 Å². The molecule has 1 aliphatic heterocycles. The van der Waals surface area contributed by atoms with Gasteiger partial charge < -0.3 is 14.7 Å². The first-order valence-corrected chi connectivity index (χ1v) is 10.3. The number of fused-ring (bicyclic) bond motifs is 3. The van der Waals surface area contributed by atoms with Crippen LogP contribution in [0.2, 0.25) is 0 Å². The van der Waals surface area contributed by atoms with Crippen molar-refractivity contribution in [2.75, 3.05) is 31.7 Å². The molecule has 5 nitrogen and oxygen atoms in total. The minimum atomic E-state index is -0.848. The highest BCUT2D eigenvalue weighted by molar-refractivity contribution is 7.98. The molecule has 0 unspecified atom stereocenters. The number of hydrogen-bond acceptors (Lipinski definition) is 4. The number of aliphatic carboxylic acids is 1. The van der Waals surface area contributed by atoms with E-state index in [-0.39, 0.29) is 25.6 Å². The lowest BCUT2D eigenvalue weighted by Crippen LogP contribution is -2.63. The van der Waals surface area contributed by atoms with E-state index in [0.717, 1.165) is 11.1 Å². The maximum Gasteiger partial charge on any atom is 0.409 e. The van der Waals surface area contributed by atoms with E-state index in [0.29, 0.717) is 5.75 Å². The molecular weight excluding hydrogens is 362 g/mol. The van der Waals surface area contributed by atoms with Gasteiger partial charge in [0.25, 0.3) is 0 Å². The van der Waals surface area contributed by atoms with E-state index in [4.69, 9.17) is 4.74 Å². The first-order valence-electron chi connectivity index (χ1n) is 8.88. The SMILES string of the molecule is CSCC1(C(=O)O)CN(C(=O)OCC2c3ccccc3-c3ccccc32)C1. The van der Waals surface area contributed by atoms with Crippen LogP contribution in [-0.2, 0) is 9.53 Å². The second-order valence-electron chi connectivity index (χ2n) is 7.18. The molecule has 140 valence electrons. The van der Waals surface area contributed by atoms with Gasteiger partial charge in [0, 0.05) is 24.8 Å². The summed E-state index contributed by atoms with van der Waals surface area (Å²) in [6, 6.07) is 16.4. The van der Waals surface area contributed by atoms with Crippen LogP contribution < -0.4 is 0 Å². The van der Waals surface area contributed by atoms with Crippen molar-refractivity contribution < 1.29 is 19.4 Å². The van der Waals surface area contributed by atoms with Crippen molar-refractivity contribution in [3.8, 4) is 11.1 Å². The molecular formula is C21H21NO4S. The Hall–Kier alpha value is -2.47.